The van der Waals surface area contributed by atoms with Gasteiger partial charge in [0.25, 0.3) is 5.91 Å². The van der Waals surface area contributed by atoms with E-state index in [0.717, 1.165) is 31.4 Å². The first kappa shape index (κ1) is 16.1. The normalized spacial score (nSPS) is 29.5. The number of carboxylic acid groups (broad SMARTS) is 1. The number of amides is 2. The van der Waals surface area contributed by atoms with Crippen LogP contribution in [0.2, 0.25) is 0 Å². The van der Waals surface area contributed by atoms with E-state index in [-0.39, 0.29) is 31.4 Å². The van der Waals surface area contributed by atoms with Crippen molar-refractivity contribution in [3.05, 3.63) is 17.5 Å². The molecule has 8 heteroatoms. The summed E-state index contributed by atoms with van der Waals surface area (Å²) in [6.07, 6.45) is 7.11. The Morgan fingerprint density at radius 1 is 1.28 bits per heavy atom. The van der Waals surface area contributed by atoms with Crippen LogP contribution < -0.4 is 5.32 Å². The highest BCUT2D eigenvalue weighted by Crippen LogP contribution is 2.41. The minimum absolute atomic E-state index is 0.0554. The van der Waals surface area contributed by atoms with Crippen molar-refractivity contribution in [3.8, 4) is 0 Å². The summed E-state index contributed by atoms with van der Waals surface area (Å²) in [5.41, 5.74) is 0.171. The molecule has 0 bridgehead atoms. The lowest BCUT2D eigenvalue weighted by Crippen LogP contribution is -2.41. The molecular weight excluding hydrogens is 324 g/mol. The van der Waals surface area contributed by atoms with E-state index >= 15 is 0 Å². The third-order valence-corrected chi connectivity index (χ3v) is 6.06. The molecule has 25 heavy (non-hydrogen) atoms. The molecule has 3 aliphatic rings. The second-order valence-electron chi connectivity index (χ2n) is 7.45. The van der Waals surface area contributed by atoms with Gasteiger partial charge in [0.15, 0.2) is 0 Å². The number of aromatic amines is 1. The van der Waals surface area contributed by atoms with Gasteiger partial charge in [-0.15, -0.1) is 0 Å². The number of rotatable bonds is 3. The van der Waals surface area contributed by atoms with Crippen molar-refractivity contribution in [2.24, 2.45) is 11.3 Å². The van der Waals surface area contributed by atoms with Gasteiger partial charge >= 0.3 is 5.97 Å². The van der Waals surface area contributed by atoms with E-state index in [2.05, 4.69) is 15.5 Å². The van der Waals surface area contributed by atoms with Crippen LogP contribution in [0.5, 0.6) is 0 Å². The van der Waals surface area contributed by atoms with Gasteiger partial charge in [-0.1, -0.05) is 19.3 Å². The topological polar surface area (TPSA) is 115 Å². The number of carbonyl (C=O) groups is 3. The number of H-pyrrole nitrogens is 1. The second kappa shape index (κ2) is 5.86. The Labute approximate surface area is 145 Å². The lowest BCUT2D eigenvalue weighted by molar-refractivity contribution is -0.149. The van der Waals surface area contributed by atoms with E-state index in [1.54, 1.807) is 0 Å². The Bertz CT molecular complexity index is 724. The molecule has 1 aliphatic carbocycles. The Kier molecular flexibility index (Phi) is 3.77. The largest absolute Gasteiger partial charge is 0.481 e. The SMILES string of the molecule is O=C1NC[C@@]2(C(=O)O)CN(C(=O)c3cn[nH]c3C3CCCCC3)C[C@@H]12. The van der Waals surface area contributed by atoms with Crippen LogP contribution in [0.3, 0.4) is 0 Å². The lowest BCUT2D eigenvalue weighted by atomic mass is 9.81. The van der Waals surface area contributed by atoms with E-state index in [1.165, 1.54) is 17.5 Å². The third kappa shape index (κ3) is 2.42. The predicted molar refractivity (Wildman–Crippen MR) is 86.9 cm³/mol. The van der Waals surface area contributed by atoms with E-state index in [9.17, 15) is 19.5 Å². The van der Waals surface area contributed by atoms with Crippen molar-refractivity contribution in [1.82, 2.24) is 20.4 Å². The van der Waals surface area contributed by atoms with Crippen LogP contribution in [0.15, 0.2) is 6.20 Å². The number of hydrogen-bond donors (Lipinski definition) is 3. The predicted octanol–water partition coefficient (Wildman–Crippen LogP) is 0.730. The molecule has 0 aromatic carbocycles. The van der Waals surface area contributed by atoms with Gasteiger partial charge in [-0.3, -0.25) is 19.5 Å². The van der Waals surface area contributed by atoms with Crippen LogP contribution in [-0.4, -0.2) is 57.6 Å². The summed E-state index contributed by atoms with van der Waals surface area (Å²) in [5.74, 6) is -1.91. The van der Waals surface area contributed by atoms with Crippen molar-refractivity contribution < 1.29 is 19.5 Å². The second-order valence-corrected chi connectivity index (χ2v) is 7.45. The fourth-order valence-electron chi connectivity index (χ4n) is 4.58. The summed E-state index contributed by atoms with van der Waals surface area (Å²) in [6.45, 7) is 0.280. The van der Waals surface area contributed by atoms with Crippen LogP contribution in [0.25, 0.3) is 0 Å². The molecule has 3 fully saturated rings. The molecule has 134 valence electrons. The summed E-state index contributed by atoms with van der Waals surface area (Å²) in [5, 5.41) is 19.3. The Hall–Kier alpha value is -2.38. The van der Waals surface area contributed by atoms with Crippen LogP contribution in [0.4, 0.5) is 0 Å². The average Bonchev–Trinajstić information content (AvgIpc) is 3.31. The average molecular weight is 346 g/mol. The number of carboxylic acids is 1. The minimum Gasteiger partial charge on any atom is -0.481 e. The number of nitrogens with one attached hydrogen (secondary N) is 2. The fourth-order valence-corrected chi connectivity index (χ4v) is 4.58. The standard InChI is InChI=1S/C17H22N4O4/c22-14-12-7-21(9-17(12,8-18-14)16(24)25)15(23)11-6-19-20-13(11)10-4-2-1-3-5-10/h6,10,12H,1-5,7-9H2,(H,18,22)(H,19,20)(H,24,25)/t12-,17+/m0/s1. The molecule has 0 spiro atoms. The zero-order chi connectivity index (χ0) is 17.6. The Morgan fingerprint density at radius 3 is 2.72 bits per heavy atom. The van der Waals surface area contributed by atoms with Crippen LogP contribution in [0, 0.1) is 11.3 Å². The Morgan fingerprint density at radius 2 is 2.04 bits per heavy atom. The van der Waals surface area contributed by atoms with E-state index in [4.69, 9.17) is 0 Å². The molecule has 4 rings (SSSR count). The molecule has 0 unspecified atom stereocenters. The van der Waals surface area contributed by atoms with Crippen molar-refractivity contribution in [1.29, 1.82) is 0 Å². The molecule has 2 aliphatic heterocycles. The van der Waals surface area contributed by atoms with Gasteiger partial charge in [0, 0.05) is 25.6 Å². The third-order valence-electron chi connectivity index (χ3n) is 6.06. The lowest BCUT2D eigenvalue weighted by Gasteiger charge is -2.24. The number of hydrogen-bond acceptors (Lipinski definition) is 4. The van der Waals surface area contributed by atoms with Crippen molar-refractivity contribution in [2.45, 2.75) is 38.0 Å². The van der Waals surface area contributed by atoms with Gasteiger partial charge < -0.3 is 15.3 Å². The molecule has 3 N–H and O–H groups in total. The summed E-state index contributed by atoms with van der Waals surface area (Å²) < 4.78 is 0. The Balaban J connectivity index is 1.58. The number of aromatic nitrogens is 2. The summed E-state index contributed by atoms with van der Waals surface area (Å²) >= 11 is 0. The number of nitrogens with zero attached hydrogens (tertiary/aromatic N) is 2. The first-order valence-electron chi connectivity index (χ1n) is 8.86. The highest BCUT2D eigenvalue weighted by Gasteiger charge is 2.60. The van der Waals surface area contributed by atoms with Crippen molar-refractivity contribution in [2.75, 3.05) is 19.6 Å². The maximum Gasteiger partial charge on any atom is 0.314 e. The minimum atomic E-state index is -1.21. The molecule has 8 nitrogen and oxygen atoms in total. The van der Waals surface area contributed by atoms with Gasteiger partial charge in [-0.05, 0) is 12.8 Å². The van der Waals surface area contributed by atoms with Gasteiger partial charge in [0.1, 0.15) is 5.41 Å². The fraction of sp³-hybridized carbons (Fsp3) is 0.647. The molecule has 1 saturated carbocycles. The number of aliphatic carboxylic acids is 1. The van der Waals surface area contributed by atoms with Gasteiger partial charge in [0.05, 0.1) is 23.4 Å². The smallest absolute Gasteiger partial charge is 0.314 e. The molecule has 1 aromatic heterocycles. The maximum atomic E-state index is 13.0. The quantitative estimate of drug-likeness (QED) is 0.746. The highest BCUT2D eigenvalue weighted by molar-refractivity contribution is 5.98. The van der Waals surface area contributed by atoms with Crippen molar-refractivity contribution in [3.63, 3.8) is 0 Å². The van der Waals surface area contributed by atoms with Gasteiger partial charge in [-0.2, -0.15) is 5.10 Å². The first-order chi connectivity index (χ1) is 12.0. The molecule has 0 radical (unpaired) electrons. The highest BCUT2D eigenvalue weighted by atomic mass is 16.4. The molecule has 2 saturated heterocycles. The monoisotopic (exact) mass is 346 g/mol. The van der Waals surface area contributed by atoms with Crippen LogP contribution >= 0.6 is 0 Å². The molecular formula is C17H22N4O4. The van der Waals surface area contributed by atoms with Gasteiger partial charge in [-0.25, -0.2) is 0 Å². The van der Waals surface area contributed by atoms with E-state index < -0.39 is 17.3 Å². The maximum absolute atomic E-state index is 13.0. The number of fused-ring (bicyclic) bond motifs is 1. The van der Waals surface area contributed by atoms with E-state index in [1.807, 2.05) is 0 Å². The number of likely N-dealkylation sites (tertiary alicyclic amines) is 1. The first-order valence-corrected chi connectivity index (χ1v) is 8.86. The van der Waals surface area contributed by atoms with Crippen LogP contribution in [0.1, 0.15) is 54.1 Å². The summed E-state index contributed by atoms with van der Waals surface area (Å²) in [4.78, 5) is 38.3. The summed E-state index contributed by atoms with van der Waals surface area (Å²) in [7, 11) is 0. The molecule has 2 amide bonds. The molecule has 1 aromatic rings. The van der Waals surface area contributed by atoms with Gasteiger partial charge in [0.2, 0.25) is 5.91 Å². The van der Waals surface area contributed by atoms with E-state index in [0.29, 0.717) is 11.5 Å². The zero-order valence-corrected chi connectivity index (χ0v) is 14.0. The zero-order valence-electron chi connectivity index (χ0n) is 14.0. The summed E-state index contributed by atoms with van der Waals surface area (Å²) in [6, 6.07) is 0. The molecule has 2 atom stereocenters. The van der Waals surface area contributed by atoms with Crippen LogP contribution in [-0.2, 0) is 9.59 Å². The van der Waals surface area contributed by atoms with Crippen molar-refractivity contribution >= 4 is 17.8 Å². The number of carbonyl (C=O) groups excluding carboxylic acids is 2. The molecule has 3 heterocycles.